The van der Waals surface area contributed by atoms with Crippen molar-refractivity contribution in [1.29, 1.82) is 0 Å². The summed E-state index contributed by atoms with van der Waals surface area (Å²) in [6, 6.07) is 3.98. The predicted molar refractivity (Wildman–Crippen MR) is 80.1 cm³/mol. The van der Waals surface area contributed by atoms with Gasteiger partial charge in [0.05, 0.1) is 6.10 Å². The molecule has 1 aliphatic carbocycles. The van der Waals surface area contributed by atoms with Crippen molar-refractivity contribution < 1.29 is 5.11 Å². The van der Waals surface area contributed by atoms with E-state index >= 15 is 0 Å². The number of hydrogen-bond donors (Lipinski definition) is 3. The Morgan fingerprint density at radius 2 is 2.24 bits per heavy atom. The first-order valence-corrected chi connectivity index (χ1v) is 7.35. The predicted octanol–water partition coefficient (Wildman–Crippen LogP) is 1.78. The zero-order valence-electron chi connectivity index (χ0n) is 12.4. The van der Waals surface area contributed by atoms with Gasteiger partial charge in [0, 0.05) is 24.6 Å². The minimum Gasteiger partial charge on any atom is -0.393 e. The fourth-order valence-electron chi connectivity index (χ4n) is 2.94. The molecule has 1 aliphatic rings. The number of nitrogens with zero attached hydrogens (tertiary/aromatic N) is 3. The van der Waals surface area contributed by atoms with Crippen molar-refractivity contribution in [3.63, 3.8) is 0 Å². The average Bonchev–Trinajstić information content (AvgIpc) is 3.03. The number of nitrogens with one attached hydrogen (secondary N) is 2. The van der Waals surface area contributed by atoms with Crippen LogP contribution in [0.2, 0.25) is 0 Å². The Morgan fingerprint density at radius 3 is 2.95 bits per heavy atom. The van der Waals surface area contributed by atoms with Gasteiger partial charge in [-0.3, -0.25) is 5.10 Å². The highest BCUT2D eigenvalue weighted by atomic mass is 16.3. The summed E-state index contributed by atoms with van der Waals surface area (Å²) < 4.78 is 0. The monoisotopic (exact) mass is 287 g/mol. The molecule has 1 fully saturated rings. The lowest BCUT2D eigenvalue weighted by atomic mass is 10.0. The van der Waals surface area contributed by atoms with Gasteiger partial charge in [-0.2, -0.15) is 5.10 Å². The summed E-state index contributed by atoms with van der Waals surface area (Å²) >= 11 is 0. The van der Waals surface area contributed by atoms with E-state index in [4.69, 9.17) is 0 Å². The first kappa shape index (κ1) is 14.0. The molecule has 112 valence electrons. The summed E-state index contributed by atoms with van der Waals surface area (Å²) in [6.07, 6.45) is 3.11. The van der Waals surface area contributed by atoms with E-state index in [9.17, 15) is 5.11 Å². The fourth-order valence-corrected chi connectivity index (χ4v) is 2.94. The molecule has 0 saturated heterocycles. The third-order valence-corrected chi connectivity index (χ3v) is 4.10. The van der Waals surface area contributed by atoms with Crippen LogP contribution >= 0.6 is 0 Å². The van der Waals surface area contributed by atoms with E-state index < -0.39 is 0 Å². The average molecular weight is 287 g/mol. The highest BCUT2D eigenvalue weighted by Crippen LogP contribution is 2.37. The first-order valence-electron chi connectivity index (χ1n) is 7.35. The van der Waals surface area contributed by atoms with Gasteiger partial charge in [0.25, 0.3) is 0 Å². The van der Waals surface area contributed by atoms with Crippen molar-refractivity contribution in [1.82, 2.24) is 20.2 Å². The molecular formula is C15H21N5O. The zero-order chi connectivity index (χ0) is 14.8. The number of aliphatic hydroxyl groups is 1. The van der Waals surface area contributed by atoms with Gasteiger partial charge in [-0.15, -0.1) is 0 Å². The van der Waals surface area contributed by atoms with E-state index in [-0.39, 0.29) is 17.9 Å². The summed E-state index contributed by atoms with van der Waals surface area (Å²) in [6.45, 7) is 4.65. The summed E-state index contributed by atoms with van der Waals surface area (Å²) in [5.41, 5.74) is 1.17. The number of aliphatic hydroxyl groups excluding tert-OH is 1. The first-order chi connectivity index (χ1) is 10.1. The van der Waals surface area contributed by atoms with Crippen molar-refractivity contribution in [2.24, 2.45) is 5.92 Å². The number of pyridine rings is 1. The molecule has 0 amide bonds. The van der Waals surface area contributed by atoms with Crippen molar-refractivity contribution in [3.05, 3.63) is 35.5 Å². The molecule has 3 rings (SSSR count). The van der Waals surface area contributed by atoms with Crippen LogP contribution in [0, 0.1) is 19.8 Å². The summed E-state index contributed by atoms with van der Waals surface area (Å²) in [7, 11) is 0. The molecule has 2 aromatic rings. The summed E-state index contributed by atoms with van der Waals surface area (Å²) in [5.74, 6) is 2.95. The molecule has 1 saturated carbocycles. The van der Waals surface area contributed by atoms with Crippen molar-refractivity contribution in [2.45, 2.75) is 38.7 Å². The van der Waals surface area contributed by atoms with Gasteiger partial charge in [0.1, 0.15) is 11.6 Å². The van der Waals surface area contributed by atoms with Gasteiger partial charge < -0.3 is 10.4 Å². The minimum atomic E-state index is -0.314. The molecule has 6 heteroatoms. The molecule has 0 spiro atoms. The molecule has 0 aliphatic heterocycles. The van der Waals surface area contributed by atoms with Crippen LogP contribution in [0.3, 0.4) is 0 Å². The van der Waals surface area contributed by atoms with Crippen molar-refractivity contribution in [2.75, 3.05) is 11.9 Å². The lowest BCUT2D eigenvalue weighted by Gasteiger charge is -2.15. The van der Waals surface area contributed by atoms with Gasteiger partial charge in [-0.25, -0.2) is 9.97 Å². The number of hydrogen-bond acceptors (Lipinski definition) is 5. The maximum atomic E-state index is 10.2. The second-order valence-electron chi connectivity index (χ2n) is 5.87. The fraction of sp³-hybridized carbons (Fsp3) is 0.533. The van der Waals surface area contributed by atoms with Crippen LogP contribution < -0.4 is 5.32 Å². The third-order valence-electron chi connectivity index (χ3n) is 4.10. The highest BCUT2D eigenvalue weighted by molar-refractivity contribution is 5.37. The largest absolute Gasteiger partial charge is 0.393 e. The molecule has 0 aromatic carbocycles. The Bertz CT molecular complexity index is 612. The van der Waals surface area contributed by atoms with E-state index in [2.05, 4.69) is 25.5 Å². The molecule has 2 heterocycles. The molecule has 3 N–H and O–H groups in total. The Kier molecular flexibility index (Phi) is 3.88. The Balaban J connectivity index is 1.59. The molecule has 21 heavy (non-hydrogen) atoms. The SMILES string of the molecule is Cc1ccnc(NC[C@H]2C[C@H](c3n[nH]c(C)n3)C[C@H]2O)c1. The van der Waals surface area contributed by atoms with Crippen LogP contribution in [0.4, 0.5) is 5.82 Å². The van der Waals surface area contributed by atoms with Gasteiger partial charge >= 0.3 is 0 Å². The number of anilines is 1. The van der Waals surface area contributed by atoms with Crippen LogP contribution in [-0.2, 0) is 0 Å². The van der Waals surface area contributed by atoms with E-state index in [0.717, 1.165) is 36.9 Å². The highest BCUT2D eigenvalue weighted by Gasteiger charge is 2.35. The molecule has 6 nitrogen and oxygen atoms in total. The maximum absolute atomic E-state index is 10.2. The van der Waals surface area contributed by atoms with Crippen LogP contribution in [-0.4, -0.2) is 37.9 Å². The zero-order valence-corrected chi connectivity index (χ0v) is 12.4. The van der Waals surface area contributed by atoms with Gasteiger partial charge in [-0.05, 0) is 44.4 Å². The van der Waals surface area contributed by atoms with Crippen molar-refractivity contribution >= 4 is 5.82 Å². The quantitative estimate of drug-likeness (QED) is 0.798. The second-order valence-corrected chi connectivity index (χ2v) is 5.87. The number of aryl methyl sites for hydroxylation is 2. The normalized spacial score (nSPS) is 25.2. The number of rotatable bonds is 4. The molecule has 0 unspecified atom stereocenters. The van der Waals surface area contributed by atoms with E-state index in [1.54, 1.807) is 6.20 Å². The van der Waals surface area contributed by atoms with Gasteiger partial charge in [0.2, 0.25) is 0 Å². The maximum Gasteiger partial charge on any atom is 0.153 e. The molecule has 2 aromatic heterocycles. The van der Waals surface area contributed by atoms with Crippen molar-refractivity contribution in [3.8, 4) is 0 Å². The topological polar surface area (TPSA) is 86.7 Å². The Hall–Kier alpha value is -1.95. The number of aromatic amines is 1. The van der Waals surface area contributed by atoms with E-state index in [0.29, 0.717) is 0 Å². The van der Waals surface area contributed by atoms with Crippen LogP contribution in [0.25, 0.3) is 0 Å². The molecule has 0 bridgehead atoms. The van der Waals surface area contributed by atoms with Crippen LogP contribution in [0.5, 0.6) is 0 Å². The Morgan fingerprint density at radius 1 is 1.38 bits per heavy atom. The lowest BCUT2D eigenvalue weighted by molar-refractivity contribution is 0.137. The van der Waals surface area contributed by atoms with E-state index in [1.807, 2.05) is 26.0 Å². The van der Waals surface area contributed by atoms with Gasteiger partial charge in [0.15, 0.2) is 5.82 Å². The number of H-pyrrole nitrogens is 1. The molecule has 0 radical (unpaired) electrons. The Labute approximate surface area is 124 Å². The van der Waals surface area contributed by atoms with E-state index in [1.165, 1.54) is 5.56 Å². The summed E-state index contributed by atoms with van der Waals surface area (Å²) in [5, 5.41) is 20.6. The molecule has 3 atom stereocenters. The number of aromatic nitrogens is 4. The molecular weight excluding hydrogens is 266 g/mol. The smallest absolute Gasteiger partial charge is 0.153 e. The minimum absolute atomic E-state index is 0.205. The summed E-state index contributed by atoms with van der Waals surface area (Å²) in [4.78, 5) is 8.66. The standard InChI is InChI=1S/C15H21N5O/c1-9-3-4-16-14(5-9)17-8-12-6-11(7-13(12)21)15-18-10(2)19-20-15/h3-5,11-13,21H,6-8H2,1-2H3,(H,16,17)(H,18,19,20)/t11-,12+,13+/m0/s1. The third kappa shape index (κ3) is 3.21. The van der Waals surface area contributed by atoms with Gasteiger partial charge in [-0.1, -0.05) is 0 Å². The lowest BCUT2D eigenvalue weighted by Crippen LogP contribution is -2.22. The second kappa shape index (κ2) is 5.81. The van der Waals surface area contributed by atoms with Crippen LogP contribution in [0.15, 0.2) is 18.3 Å². The van der Waals surface area contributed by atoms with Crippen LogP contribution in [0.1, 0.15) is 36.0 Å².